The van der Waals surface area contributed by atoms with E-state index >= 15 is 0 Å². The zero-order valence-electron chi connectivity index (χ0n) is 9.08. The van der Waals surface area contributed by atoms with Gasteiger partial charge in [0.1, 0.15) is 5.82 Å². The van der Waals surface area contributed by atoms with Gasteiger partial charge < -0.3 is 11.1 Å². The molecule has 0 spiro atoms. The van der Waals surface area contributed by atoms with Crippen LogP contribution < -0.4 is 11.1 Å². The average Bonchev–Trinajstić information content (AvgIpc) is 2.33. The average molecular weight is 251 g/mol. The standard InChI is InChI=1S/C13H12ClFN2/c14-10-5-3-7-12(13(10)16)17-8-9-4-1-2-6-11(9)15/h1-7,17H,8,16H2. The molecule has 0 aliphatic carbocycles. The van der Waals surface area contributed by atoms with Crippen LogP contribution in [0.25, 0.3) is 0 Å². The Labute approximate surface area is 104 Å². The number of nitrogens with two attached hydrogens (primary N) is 1. The number of rotatable bonds is 3. The van der Waals surface area contributed by atoms with Crippen molar-refractivity contribution in [1.29, 1.82) is 0 Å². The second-order valence-electron chi connectivity index (χ2n) is 3.65. The molecule has 0 atom stereocenters. The summed E-state index contributed by atoms with van der Waals surface area (Å²) < 4.78 is 13.4. The molecule has 0 fully saturated rings. The molecule has 2 aromatic rings. The van der Waals surface area contributed by atoms with Gasteiger partial charge in [-0.3, -0.25) is 0 Å². The van der Waals surface area contributed by atoms with Crippen molar-refractivity contribution in [3.8, 4) is 0 Å². The monoisotopic (exact) mass is 250 g/mol. The first-order valence-corrected chi connectivity index (χ1v) is 5.57. The first-order chi connectivity index (χ1) is 8.18. The molecule has 0 radical (unpaired) electrons. The third kappa shape index (κ3) is 2.68. The Bertz CT molecular complexity index is 529. The lowest BCUT2D eigenvalue weighted by Gasteiger charge is -2.10. The van der Waals surface area contributed by atoms with Gasteiger partial charge in [-0.15, -0.1) is 0 Å². The summed E-state index contributed by atoms with van der Waals surface area (Å²) in [5.41, 5.74) is 7.57. The summed E-state index contributed by atoms with van der Waals surface area (Å²) in [5.74, 6) is -0.236. The Balaban J connectivity index is 2.13. The largest absolute Gasteiger partial charge is 0.396 e. The maximum absolute atomic E-state index is 13.4. The van der Waals surface area contributed by atoms with Gasteiger partial charge in [0.15, 0.2) is 0 Å². The Morgan fingerprint density at radius 1 is 1.12 bits per heavy atom. The van der Waals surface area contributed by atoms with Crippen LogP contribution in [0.15, 0.2) is 42.5 Å². The predicted octanol–water partition coefficient (Wildman–Crippen LogP) is 3.67. The van der Waals surface area contributed by atoms with Crippen LogP contribution in [0.3, 0.4) is 0 Å². The summed E-state index contributed by atoms with van der Waals surface area (Å²) in [6.07, 6.45) is 0. The highest BCUT2D eigenvalue weighted by atomic mass is 35.5. The van der Waals surface area contributed by atoms with Crippen LogP contribution in [-0.2, 0) is 6.54 Å². The molecule has 0 saturated carbocycles. The number of hydrogen-bond donors (Lipinski definition) is 2. The third-order valence-corrected chi connectivity index (χ3v) is 2.81. The van der Waals surface area contributed by atoms with Gasteiger partial charge in [-0.1, -0.05) is 35.9 Å². The molecule has 88 valence electrons. The summed E-state index contributed by atoms with van der Waals surface area (Å²) >= 11 is 5.89. The molecule has 0 aromatic heterocycles. The van der Waals surface area contributed by atoms with E-state index in [1.807, 2.05) is 6.07 Å². The van der Waals surface area contributed by atoms with E-state index in [0.717, 1.165) is 0 Å². The molecule has 0 unspecified atom stereocenters. The summed E-state index contributed by atoms with van der Waals surface area (Å²) in [7, 11) is 0. The normalized spacial score (nSPS) is 10.2. The number of halogens is 2. The maximum atomic E-state index is 13.4. The molecule has 17 heavy (non-hydrogen) atoms. The Kier molecular flexibility index (Phi) is 3.49. The molecule has 4 heteroatoms. The smallest absolute Gasteiger partial charge is 0.128 e. The fourth-order valence-electron chi connectivity index (χ4n) is 1.52. The van der Waals surface area contributed by atoms with Gasteiger partial charge in [-0.25, -0.2) is 4.39 Å². The van der Waals surface area contributed by atoms with Crippen molar-refractivity contribution in [3.05, 3.63) is 58.9 Å². The molecule has 2 nitrogen and oxygen atoms in total. The van der Waals surface area contributed by atoms with Crippen molar-refractivity contribution in [3.63, 3.8) is 0 Å². The van der Waals surface area contributed by atoms with E-state index in [0.29, 0.717) is 28.5 Å². The minimum absolute atomic E-state index is 0.236. The van der Waals surface area contributed by atoms with Crippen molar-refractivity contribution < 1.29 is 4.39 Å². The van der Waals surface area contributed by atoms with Crippen molar-refractivity contribution in [1.82, 2.24) is 0 Å². The zero-order chi connectivity index (χ0) is 12.3. The molecule has 2 aromatic carbocycles. The minimum Gasteiger partial charge on any atom is -0.396 e. The Hall–Kier alpha value is -1.74. The van der Waals surface area contributed by atoms with E-state index in [4.69, 9.17) is 17.3 Å². The highest BCUT2D eigenvalue weighted by Gasteiger charge is 2.04. The van der Waals surface area contributed by atoms with E-state index < -0.39 is 0 Å². The number of nitrogen functional groups attached to an aromatic ring is 1. The highest BCUT2D eigenvalue weighted by molar-refractivity contribution is 6.33. The second-order valence-corrected chi connectivity index (χ2v) is 4.05. The number of hydrogen-bond acceptors (Lipinski definition) is 2. The summed E-state index contributed by atoms with van der Waals surface area (Å²) in [6.45, 7) is 0.372. The molecule has 0 aliphatic heterocycles. The Morgan fingerprint density at radius 3 is 2.65 bits per heavy atom. The molecule has 3 N–H and O–H groups in total. The van der Waals surface area contributed by atoms with Crippen molar-refractivity contribution in [2.24, 2.45) is 0 Å². The third-order valence-electron chi connectivity index (χ3n) is 2.48. The van der Waals surface area contributed by atoms with Crippen LogP contribution in [0, 0.1) is 5.82 Å². The van der Waals surface area contributed by atoms with Crippen LogP contribution in [-0.4, -0.2) is 0 Å². The summed E-state index contributed by atoms with van der Waals surface area (Å²) in [6, 6.07) is 11.9. The summed E-state index contributed by atoms with van der Waals surface area (Å²) in [5, 5.41) is 3.55. The van der Waals surface area contributed by atoms with Crippen molar-refractivity contribution in [2.45, 2.75) is 6.54 Å². The fraction of sp³-hybridized carbons (Fsp3) is 0.0769. The molecule has 0 saturated heterocycles. The fourth-order valence-corrected chi connectivity index (χ4v) is 1.70. The zero-order valence-corrected chi connectivity index (χ0v) is 9.84. The van der Waals surface area contributed by atoms with E-state index in [9.17, 15) is 4.39 Å². The van der Waals surface area contributed by atoms with Gasteiger partial charge in [-0.05, 0) is 18.2 Å². The molecule has 0 amide bonds. The van der Waals surface area contributed by atoms with E-state index in [1.54, 1.807) is 30.3 Å². The lowest BCUT2D eigenvalue weighted by Crippen LogP contribution is -2.04. The van der Waals surface area contributed by atoms with E-state index in [1.165, 1.54) is 6.07 Å². The lowest BCUT2D eigenvalue weighted by atomic mass is 10.2. The van der Waals surface area contributed by atoms with Gasteiger partial charge in [0.25, 0.3) is 0 Å². The minimum atomic E-state index is -0.236. The molecule has 0 heterocycles. The van der Waals surface area contributed by atoms with Gasteiger partial charge in [0.2, 0.25) is 0 Å². The highest BCUT2D eigenvalue weighted by Crippen LogP contribution is 2.27. The van der Waals surface area contributed by atoms with Gasteiger partial charge in [0.05, 0.1) is 16.4 Å². The second kappa shape index (κ2) is 5.06. The Morgan fingerprint density at radius 2 is 1.88 bits per heavy atom. The SMILES string of the molecule is Nc1c(Cl)cccc1NCc1ccccc1F. The number of nitrogens with one attached hydrogen (secondary N) is 1. The topological polar surface area (TPSA) is 38.0 Å². The predicted molar refractivity (Wildman–Crippen MR) is 69.6 cm³/mol. The van der Waals surface area contributed by atoms with Crippen LogP contribution in [0.4, 0.5) is 15.8 Å². The van der Waals surface area contributed by atoms with Crippen LogP contribution in [0.2, 0.25) is 5.02 Å². The molecule has 0 bridgehead atoms. The van der Waals surface area contributed by atoms with Crippen LogP contribution >= 0.6 is 11.6 Å². The molecular weight excluding hydrogens is 239 g/mol. The van der Waals surface area contributed by atoms with Crippen LogP contribution in [0.1, 0.15) is 5.56 Å². The van der Waals surface area contributed by atoms with E-state index in [-0.39, 0.29) is 5.82 Å². The lowest BCUT2D eigenvalue weighted by molar-refractivity contribution is 0.613. The first-order valence-electron chi connectivity index (χ1n) is 5.20. The molecular formula is C13H12ClFN2. The van der Waals surface area contributed by atoms with Gasteiger partial charge >= 0.3 is 0 Å². The number of para-hydroxylation sites is 1. The number of anilines is 2. The first kappa shape index (κ1) is 11.7. The van der Waals surface area contributed by atoms with Crippen LogP contribution in [0.5, 0.6) is 0 Å². The molecule has 2 rings (SSSR count). The van der Waals surface area contributed by atoms with Crippen molar-refractivity contribution >= 4 is 23.0 Å². The van der Waals surface area contributed by atoms with Gasteiger partial charge in [-0.2, -0.15) is 0 Å². The number of benzene rings is 2. The van der Waals surface area contributed by atoms with Crippen molar-refractivity contribution in [2.75, 3.05) is 11.1 Å². The maximum Gasteiger partial charge on any atom is 0.128 e. The quantitative estimate of drug-likeness (QED) is 0.816. The van der Waals surface area contributed by atoms with Gasteiger partial charge in [0, 0.05) is 12.1 Å². The summed E-state index contributed by atoms with van der Waals surface area (Å²) in [4.78, 5) is 0. The van der Waals surface area contributed by atoms with E-state index in [2.05, 4.69) is 5.32 Å². The molecule has 0 aliphatic rings.